The monoisotopic (exact) mass is 395 g/mol. The van der Waals surface area contributed by atoms with Crippen molar-refractivity contribution >= 4 is 53.3 Å². The van der Waals surface area contributed by atoms with Crippen molar-refractivity contribution in [3.05, 3.63) is 67.9 Å². The lowest BCUT2D eigenvalue weighted by Crippen LogP contribution is -2.11. The van der Waals surface area contributed by atoms with Crippen LogP contribution >= 0.6 is 43.2 Å². The summed E-state index contributed by atoms with van der Waals surface area (Å²) in [5.41, 5.74) is 8.73. The average molecular weight is 397 g/mol. The molecule has 3 aromatic rings. The fraction of sp³-hybridized carbons (Fsp3) is 0.0667. The first kappa shape index (κ1) is 13.3. The third-order valence-corrected chi connectivity index (χ3v) is 5.85. The van der Waals surface area contributed by atoms with Crippen LogP contribution in [0.3, 0.4) is 0 Å². The van der Waals surface area contributed by atoms with Crippen LogP contribution in [-0.4, -0.2) is 0 Å². The molecule has 0 aliphatic heterocycles. The fourth-order valence-electron chi connectivity index (χ4n) is 2.18. The van der Waals surface area contributed by atoms with Crippen LogP contribution in [0.15, 0.2) is 56.8 Å². The molecule has 0 aliphatic rings. The zero-order valence-corrected chi connectivity index (χ0v) is 13.9. The SMILES string of the molecule is NC(c1ccccc1Br)c1csc2c(Br)cccc12. The summed E-state index contributed by atoms with van der Waals surface area (Å²) in [6.45, 7) is 0. The van der Waals surface area contributed by atoms with Crippen molar-refractivity contribution in [3.8, 4) is 0 Å². The molecule has 3 rings (SSSR count). The average Bonchev–Trinajstić information content (AvgIpc) is 2.84. The second-order valence-electron chi connectivity index (χ2n) is 4.31. The van der Waals surface area contributed by atoms with Gasteiger partial charge in [0.1, 0.15) is 0 Å². The number of thiophene rings is 1. The normalized spacial score (nSPS) is 12.8. The van der Waals surface area contributed by atoms with E-state index in [2.05, 4.69) is 61.5 Å². The van der Waals surface area contributed by atoms with E-state index in [-0.39, 0.29) is 6.04 Å². The van der Waals surface area contributed by atoms with Gasteiger partial charge in [0.15, 0.2) is 0 Å². The molecule has 2 aromatic carbocycles. The van der Waals surface area contributed by atoms with Gasteiger partial charge in [-0.25, -0.2) is 0 Å². The second kappa shape index (κ2) is 5.37. The molecule has 0 aliphatic carbocycles. The highest BCUT2D eigenvalue weighted by atomic mass is 79.9. The molecule has 0 saturated carbocycles. The Kier molecular flexibility index (Phi) is 3.76. The van der Waals surface area contributed by atoms with Gasteiger partial charge in [0.25, 0.3) is 0 Å². The summed E-state index contributed by atoms with van der Waals surface area (Å²) in [7, 11) is 0. The number of halogens is 2. The molecule has 0 saturated heterocycles. The molecular formula is C15H11Br2NS. The highest BCUT2D eigenvalue weighted by Gasteiger charge is 2.16. The highest BCUT2D eigenvalue weighted by Crippen LogP contribution is 2.37. The van der Waals surface area contributed by atoms with E-state index in [4.69, 9.17) is 5.73 Å². The van der Waals surface area contributed by atoms with Crippen molar-refractivity contribution in [1.82, 2.24) is 0 Å². The molecule has 1 nitrogen and oxygen atoms in total. The summed E-state index contributed by atoms with van der Waals surface area (Å²) in [4.78, 5) is 0. The summed E-state index contributed by atoms with van der Waals surface area (Å²) >= 11 is 8.89. The zero-order chi connectivity index (χ0) is 13.4. The van der Waals surface area contributed by atoms with Gasteiger partial charge >= 0.3 is 0 Å². The molecule has 0 amide bonds. The van der Waals surface area contributed by atoms with Crippen LogP contribution < -0.4 is 5.73 Å². The van der Waals surface area contributed by atoms with Crippen LogP contribution in [-0.2, 0) is 0 Å². The summed E-state index contributed by atoms with van der Waals surface area (Å²) in [6.07, 6.45) is 0. The van der Waals surface area contributed by atoms with E-state index in [1.807, 2.05) is 18.2 Å². The molecule has 1 unspecified atom stereocenters. The largest absolute Gasteiger partial charge is 0.320 e. The van der Waals surface area contributed by atoms with E-state index < -0.39 is 0 Å². The molecule has 0 spiro atoms. The number of rotatable bonds is 2. The first-order chi connectivity index (χ1) is 9.18. The number of hydrogen-bond donors (Lipinski definition) is 1. The van der Waals surface area contributed by atoms with Gasteiger partial charge in [-0.05, 0) is 50.0 Å². The summed E-state index contributed by atoms with van der Waals surface area (Å²) in [5.74, 6) is 0. The summed E-state index contributed by atoms with van der Waals surface area (Å²) in [5, 5.41) is 3.38. The minimum Gasteiger partial charge on any atom is -0.320 e. The van der Waals surface area contributed by atoms with Crippen LogP contribution in [0.5, 0.6) is 0 Å². The van der Waals surface area contributed by atoms with Crippen LogP contribution in [0.2, 0.25) is 0 Å². The van der Waals surface area contributed by atoms with Crippen LogP contribution in [0, 0.1) is 0 Å². The molecule has 96 valence electrons. The van der Waals surface area contributed by atoms with Crippen molar-refractivity contribution in [3.63, 3.8) is 0 Å². The first-order valence-corrected chi connectivity index (χ1v) is 8.30. The van der Waals surface area contributed by atoms with Gasteiger partial charge in [-0.15, -0.1) is 11.3 Å². The molecule has 1 heterocycles. The van der Waals surface area contributed by atoms with Crippen molar-refractivity contribution in [2.75, 3.05) is 0 Å². The zero-order valence-electron chi connectivity index (χ0n) is 9.94. The smallest absolute Gasteiger partial charge is 0.0577 e. The minimum atomic E-state index is -0.112. The fourth-order valence-corrected chi connectivity index (χ4v) is 4.37. The molecule has 1 atom stereocenters. The van der Waals surface area contributed by atoms with E-state index in [9.17, 15) is 0 Å². The lowest BCUT2D eigenvalue weighted by molar-refractivity contribution is 0.879. The quantitative estimate of drug-likeness (QED) is 0.610. The topological polar surface area (TPSA) is 26.0 Å². The number of benzene rings is 2. The first-order valence-electron chi connectivity index (χ1n) is 5.84. The number of hydrogen-bond acceptors (Lipinski definition) is 2. The standard InChI is InChI=1S/C15H11Br2NS/c16-12-6-2-1-4-10(12)14(18)11-8-19-15-9(11)5-3-7-13(15)17/h1-8,14H,18H2. The Balaban J connectivity index is 2.15. The Hall–Kier alpha value is -0.680. The Morgan fingerprint density at radius 2 is 1.63 bits per heavy atom. The number of nitrogens with two attached hydrogens (primary N) is 1. The van der Waals surface area contributed by atoms with E-state index >= 15 is 0 Å². The predicted octanol–water partition coefficient (Wildman–Crippen LogP) is 5.47. The number of fused-ring (bicyclic) bond motifs is 1. The van der Waals surface area contributed by atoms with Gasteiger partial charge in [0, 0.05) is 13.6 Å². The molecule has 1 aromatic heterocycles. The molecule has 0 bridgehead atoms. The van der Waals surface area contributed by atoms with Crippen molar-refractivity contribution in [1.29, 1.82) is 0 Å². The lowest BCUT2D eigenvalue weighted by Gasteiger charge is -2.13. The Bertz CT molecular complexity index is 736. The van der Waals surface area contributed by atoms with Crippen molar-refractivity contribution < 1.29 is 0 Å². The molecule has 19 heavy (non-hydrogen) atoms. The molecule has 4 heteroatoms. The molecular weight excluding hydrogens is 386 g/mol. The van der Waals surface area contributed by atoms with Gasteiger partial charge < -0.3 is 5.73 Å². The maximum Gasteiger partial charge on any atom is 0.0577 e. The molecule has 0 fully saturated rings. The van der Waals surface area contributed by atoms with E-state index in [0.717, 1.165) is 14.5 Å². The third kappa shape index (κ3) is 2.38. The minimum absolute atomic E-state index is 0.112. The van der Waals surface area contributed by atoms with Gasteiger partial charge in [-0.1, -0.05) is 46.3 Å². The van der Waals surface area contributed by atoms with Crippen LogP contribution in [0.1, 0.15) is 17.2 Å². The highest BCUT2D eigenvalue weighted by molar-refractivity contribution is 9.11. The second-order valence-corrected chi connectivity index (χ2v) is 6.90. The van der Waals surface area contributed by atoms with Crippen molar-refractivity contribution in [2.24, 2.45) is 5.73 Å². The molecule has 0 radical (unpaired) electrons. The Morgan fingerprint density at radius 3 is 2.42 bits per heavy atom. The lowest BCUT2D eigenvalue weighted by atomic mass is 9.99. The van der Waals surface area contributed by atoms with Gasteiger partial charge in [0.2, 0.25) is 0 Å². The van der Waals surface area contributed by atoms with E-state index in [1.165, 1.54) is 15.6 Å². The summed E-state index contributed by atoms with van der Waals surface area (Å²) in [6, 6.07) is 14.2. The van der Waals surface area contributed by atoms with Crippen LogP contribution in [0.4, 0.5) is 0 Å². The Labute approximate surface area is 132 Å². The molecule has 2 N–H and O–H groups in total. The summed E-state index contributed by atoms with van der Waals surface area (Å²) < 4.78 is 3.43. The van der Waals surface area contributed by atoms with Gasteiger partial charge in [-0.2, -0.15) is 0 Å². The van der Waals surface area contributed by atoms with Crippen molar-refractivity contribution in [2.45, 2.75) is 6.04 Å². The maximum atomic E-state index is 6.44. The predicted molar refractivity (Wildman–Crippen MR) is 89.7 cm³/mol. The van der Waals surface area contributed by atoms with Gasteiger partial charge in [0.05, 0.1) is 6.04 Å². The Morgan fingerprint density at radius 1 is 0.895 bits per heavy atom. The van der Waals surface area contributed by atoms with E-state index in [1.54, 1.807) is 11.3 Å². The maximum absolute atomic E-state index is 6.44. The van der Waals surface area contributed by atoms with Crippen LogP contribution in [0.25, 0.3) is 10.1 Å². The van der Waals surface area contributed by atoms with Gasteiger partial charge in [-0.3, -0.25) is 0 Å². The third-order valence-electron chi connectivity index (χ3n) is 3.16. The van der Waals surface area contributed by atoms with E-state index in [0.29, 0.717) is 0 Å².